The van der Waals surface area contributed by atoms with Gasteiger partial charge in [0.05, 0.1) is 17.8 Å². The SMILES string of the molecule is CC(=O)NCc1ccc(/C(Nc2ccc(N(C)C(=O)CN(C)C)cc2)=C2/C(=O)Nc3ccccc32)cc1. The molecule has 0 aromatic heterocycles. The van der Waals surface area contributed by atoms with Crippen molar-refractivity contribution in [3.8, 4) is 0 Å². The number of likely N-dealkylation sites (N-methyl/N-ethyl adjacent to an activating group) is 2. The third-order valence-corrected chi connectivity index (χ3v) is 6.06. The highest BCUT2D eigenvalue weighted by atomic mass is 16.2. The zero-order valence-corrected chi connectivity index (χ0v) is 21.5. The number of amides is 3. The van der Waals surface area contributed by atoms with Gasteiger partial charge in [0.15, 0.2) is 0 Å². The highest BCUT2D eigenvalue weighted by molar-refractivity contribution is 6.37. The minimum absolute atomic E-state index is 0.00731. The number of rotatable bonds is 8. The van der Waals surface area contributed by atoms with E-state index in [1.807, 2.05) is 91.8 Å². The van der Waals surface area contributed by atoms with Gasteiger partial charge >= 0.3 is 0 Å². The van der Waals surface area contributed by atoms with Crippen LogP contribution in [-0.2, 0) is 20.9 Å². The third-order valence-electron chi connectivity index (χ3n) is 6.06. The monoisotopic (exact) mass is 497 g/mol. The lowest BCUT2D eigenvalue weighted by molar-refractivity contribution is -0.119. The minimum atomic E-state index is -0.184. The van der Waals surface area contributed by atoms with Gasteiger partial charge in [-0.05, 0) is 55.6 Å². The van der Waals surface area contributed by atoms with Gasteiger partial charge < -0.3 is 25.8 Å². The normalized spacial score (nSPS) is 13.6. The van der Waals surface area contributed by atoms with Crippen molar-refractivity contribution in [1.82, 2.24) is 10.2 Å². The number of carbonyl (C=O) groups is 3. The Morgan fingerprint density at radius 1 is 0.892 bits per heavy atom. The molecule has 0 fully saturated rings. The number of carbonyl (C=O) groups excluding carboxylic acids is 3. The van der Waals surface area contributed by atoms with Crippen molar-refractivity contribution in [3.63, 3.8) is 0 Å². The van der Waals surface area contributed by atoms with Gasteiger partial charge in [-0.2, -0.15) is 0 Å². The van der Waals surface area contributed by atoms with Gasteiger partial charge in [0.1, 0.15) is 0 Å². The summed E-state index contributed by atoms with van der Waals surface area (Å²) in [5, 5.41) is 9.19. The number of para-hydroxylation sites is 1. The van der Waals surface area contributed by atoms with Gasteiger partial charge in [-0.3, -0.25) is 14.4 Å². The molecule has 190 valence electrons. The van der Waals surface area contributed by atoms with Crippen molar-refractivity contribution in [2.75, 3.05) is 43.2 Å². The molecular weight excluding hydrogens is 466 g/mol. The van der Waals surface area contributed by atoms with E-state index in [1.165, 1.54) is 6.92 Å². The molecule has 1 heterocycles. The van der Waals surface area contributed by atoms with E-state index in [-0.39, 0.29) is 17.7 Å². The summed E-state index contributed by atoms with van der Waals surface area (Å²) in [6.07, 6.45) is 0. The maximum Gasteiger partial charge on any atom is 0.258 e. The predicted octanol–water partition coefficient (Wildman–Crippen LogP) is 3.78. The van der Waals surface area contributed by atoms with Crippen LogP contribution in [0.2, 0.25) is 0 Å². The molecular formula is C29H31N5O3. The molecule has 3 aromatic carbocycles. The molecule has 8 heteroatoms. The van der Waals surface area contributed by atoms with Crippen molar-refractivity contribution in [2.45, 2.75) is 13.5 Å². The van der Waals surface area contributed by atoms with Crippen LogP contribution in [0, 0.1) is 0 Å². The van der Waals surface area contributed by atoms with E-state index in [9.17, 15) is 14.4 Å². The quantitative estimate of drug-likeness (QED) is 0.412. The molecule has 0 spiro atoms. The zero-order valence-electron chi connectivity index (χ0n) is 21.5. The Morgan fingerprint density at radius 3 is 2.22 bits per heavy atom. The summed E-state index contributed by atoms with van der Waals surface area (Å²) in [6.45, 7) is 2.23. The second-order valence-electron chi connectivity index (χ2n) is 9.22. The van der Waals surface area contributed by atoms with Crippen LogP contribution in [0.3, 0.4) is 0 Å². The lowest BCUT2D eigenvalue weighted by Crippen LogP contribution is -2.34. The Labute approximate surface area is 217 Å². The fourth-order valence-corrected chi connectivity index (χ4v) is 4.09. The lowest BCUT2D eigenvalue weighted by Gasteiger charge is -2.20. The number of nitrogens with zero attached hydrogens (tertiary/aromatic N) is 2. The first kappa shape index (κ1) is 25.7. The standard InChI is InChI=1S/C29H31N5O3/c1-19(35)30-17-20-9-11-21(12-10-20)28(27-24-7-5-6-8-25(24)32-29(27)37)31-22-13-15-23(16-14-22)34(4)26(36)18-33(2)3/h5-16,31H,17-18H2,1-4H3,(H,30,35)(H,32,37)/b28-27-. The molecule has 3 amide bonds. The van der Waals surface area contributed by atoms with Crippen molar-refractivity contribution in [1.29, 1.82) is 0 Å². The summed E-state index contributed by atoms with van der Waals surface area (Å²) < 4.78 is 0. The summed E-state index contributed by atoms with van der Waals surface area (Å²) in [5.74, 6) is -0.283. The number of anilines is 3. The van der Waals surface area contributed by atoms with Crippen molar-refractivity contribution < 1.29 is 14.4 Å². The molecule has 0 bridgehead atoms. The summed E-state index contributed by atoms with van der Waals surface area (Å²) in [5.41, 5.74) is 6.14. The van der Waals surface area contributed by atoms with Crippen LogP contribution in [0.1, 0.15) is 23.6 Å². The van der Waals surface area contributed by atoms with Crippen LogP contribution in [-0.4, -0.2) is 50.3 Å². The summed E-state index contributed by atoms with van der Waals surface area (Å²) >= 11 is 0. The largest absolute Gasteiger partial charge is 0.354 e. The first-order valence-electron chi connectivity index (χ1n) is 12.0. The number of hydrogen-bond donors (Lipinski definition) is 3. The minimum Gasteiger partial charge on any atom is -0.354 e. The van der Waals surface area contributed by atoms with Crippen LogP contribution in [0.15, 0.2) is 72.8 Å². The molecule has 4 rings (SSSR count). The summed E-state index contributed by atoms with van der Waals surface area (Å²) in [4.78, 5) is 40.2. The summed E-state index contributed by atoms with van der Waals surface area (Å²) in [6, 6.07) is 22.8. The van der Waals surface area contributed by atoms with E-state index in [0.717, 1.165) is 33.8 Å². The van der Waals surface area contributed by atoms with Gasteiger partial charge in [-0.25, -0.2) is 0 Å². The van der Waals surface area contributed by atoms with E-state index >= 15 is 0 Å². The van der Waals surface area contributed by atoms with Gasteiger partial charge in [0.25, 0.3) is 5.91 Å². The summed E-state index contributed by atoms with van der Waals surface area (Å²) in [7, 11) is 5.47. The number of hydrogen-bond acceptors (Lipinski definition) is 5. The fourth-order valence-electron chi connectivity index (χ4n) is 4.09. The van der Waals surface area contributed by atoms with Gasteiger partial charge in [0, 0.05) is 43.1 Å². The Hall–Kier alpha value is -4.43. The Balaban J connectivity index is 1.68. The van der Waals surface area contributed by atoms with Crippen LogP contribution >= 0.6 is 0 Å². The zero-order chi connectivity index (χ0) is 26.5. The van der Waals surface area contributed by atoms with E-state index < -0.39 is 0 Å². The molecule has 1 aliphatic heterocycles. The predicted molar refractivity (Wildman–Crippen MR) is 148 cm³/mol. The third kappa shape index (κ3) is 6.05. The molecule has 3 aromatic rings. The van der Waals surface area contributed by atoms with Crippen molar-refractivity contribution in [2.24, 2.45) is 0 Å². The van der Waals surface area contributed by atoms with Gasteiger partial charge in [0.2, 0.25) is 11.8 Å². The Morgan fingerprint density at radius 2 is 1.57 bits per heavy atom. The fraction of sp³-hybridized carbons (Fsp3) is 0.207. The number of fused-ring (bicyclic) bond motifs is 1. The average molecular weight is 498 g/mol. The second-order valence-corrected chi connectivity index (χ2v) is 9.22. The first-order valence-corrected chi connectivity index (χ1v) is 12.0. The maximum atomic E-state index is 13.1. The van der Waals surface area contributed by atoms with Crippen molar-refractivity contribution >= 4 is 46.1 Å². The highest BCUT2D eigenvalue weighted by Gasteiger charge is 2.28. The Kier molecular flexibility index (Phi) is 7.69. The van der Waals surface area contributed by atoms with Gasteiger partial charge in [-0.15, -0.1) is 0 Å². The maximum absolute atomic E-state index is 13.1. The van der Waals surface area contributed by atoms with Crippen LogP contribution in [0.5, 0.6) is 0 Å². The second kappa shape index (κ2) is 11.1. The van der Waals surface area contributed by atoms with Gasteiger partial charge in [-0.1, -0.05) is 42.5 Å². The lowest BCUT2D eigenvalue weighted by atomic mass is 9.99. The Bertz CT molecular complexity index is 1340. The number of benzene rings is 3. The van der Waals surface area contributed by atoms with Crippen molar-refractivity contribution in [3.05, 3.63) is 89.5 Å². The molecule has 0 aliphatic carbocycles. The molecule has 0 saturated heterocycles. The number of nitrogens with one attached hydrogen (secondary N) is 3. The van der Waals surface area contributed by atoms with E-state index in [1.54, 1.807) is 11.9 Å². The molecule has 1 aliphatic rings. The van der Waals surface area contributed by atoms with E-state index in [0.29, 0.717) is 24.4 Å². The molecule has 0 radical (unpaired) electrons. The molecule has 0 unspecified atom stereocenters. The van der Waals surface area contributed by atoms with Crippen LogP contribution < -0.4 is 20.9 Å². The molecule has 0 atom stereocenters. The van der Waals surface area contributed by atoms with E-state index in [2.05, 4.69) is 16.0 Å². The highest BCUT2D eigenvalue weighted by Crippen LogP contribution is 2.37. The topological polar surface area (TPSA) is 93.8 Å². The molecule has 37 heavy (non-hydrogen) atoms. The van der Waals surface area contributed by atoms with Crippen LogP contribution in [0.25, 0.3) is 11.3 Å². The molecule has 3 N–H and O–H groups in total. The first-order chi connectivity index (χ1) is 17.7. The average Bonchev–Trinajstić information content (AvgIpc) is 3.21. The van der Waals surface area contributed by atoms with E-state index in [4.69, 9.17) is 0 Å². The molecule has 8 nitrogen and oxygen atoms in total. The molecule has 0 saturated carbocycles. The smallest absolute Gasteiger partial charge is 0.258 e. The van der Waals surface area contributed by atoms with Crippen LogP contribution in [0.4, 0.5) is 17.1 Å².